The third-order valence-electron chi connectivity index (χ3n) is 2.24. The van der Waals surface area contributed by atoms with E-state index in [-0.39, 0.29) is 10.7 Å². The highest BCUT2D eigenvalue weighted by atomic mass is 79.9. The van der Waals surface area contributed by atoms with E-state index in [1.807, 2.05) is 0 Å². The molecule has 2 rings (SSSR count). The molecular weight excluding hydrogens is 354 g/mol. The standard InChI is InChI=1S/C11H9BrClN3O2S/c12-7-1-2-10(9(13)5-7)16-19(17,18)8-3-4-15-11(14)6-8/h1-6,16H,(H2,14,15). The summed E-state index contributed by atoms with van der Waals surface area (Å²) in [5.41, 5.74) is 5.75. The van der Waals surface area contributed by atoms with Gasteiger partial charge in [0.2, 0.25) is 0 Å². The van der Waals surface area contributed by atoms with Crippen molar-refractivity contribution in [2.45, 2.75) is 4.90 Å². The van der Waals surface area contributed by atoms with E-state index in [4.69, 9.17) is 17.3 Å². The molecule has 1 aromatic heterocycles. The predicted molar refractivity (Wildman–Crippen MR) is 78.6 cm³/mol. The van der Waals surface area contributed by atoms with Crippen molar-refractivity contribution in [2.75, 3.05) is 10.5 Å². The highest BCUT2D eigenvalue weighted by molar-refractivity contribution is 9.10. The third kappa shape index (κ3) is 3.37. The monoisotopic (exact) mass is 361 g/mol. The molecule has 0 aliphatic rings. The van der Waals surface area contributed by atoms with Crippen LogP contribution in [0.3, 0.4) is 0 Å². The first kappa shape index (κ1) is 14.1. The SMILES string of the molecule is Nc1cc(S(=O)(=O)Nc2ccc(Br)cc2Cl)ccn1. The first-order valence-electron chi connectivity index (χ1n) is 5.08. The molecule has 5 nitrogen and oxygen atoms in total. The van der Waals surface area contributed by atoms with Gasteiger partial charge in [-0.2, -0.15) is 0 Å². The van der Waals surface area contributed by atoms with Gasteiger partial charge in [0.05, 0.1) is 15.6 Å². The van der Waals surface area contributed by atoms with E-state index >= 15 is 0 Å². The molecule has 0 unspecified atom stereocenters. The Morgan fingerprint density at radius 2 is 2.00 bits per heavy atom. The molecule has 8 heteroatoms. The number of pyridine rings is 1. The van der Waals surface area contributed by atoms with Crippen LogP contribution in [-0.2, 0) is 10.0 Å². The smallest absolute Gasteiger partial charge is 0.262 e. The molecule has 0 radical (unpaired) electrons. The van der Waals surface area contributed by atoms with Crippen molar-refractivity contribution in [3.63, 3.8) is 0 Å². The number of hydrogen-bond donors (Lipinski definition) is 2. The van der Waals surface area contributed by atoms with Crippen molar-refractivity contribution in [2.24, 2.45) is 0 Å². The number of nitrogens with two attached hydrogens (primary N) is 1. The maximum atomic E-state index is 12.1. The maximum absolute atomic E-state index is 12.1. The molecule has 0 amide bonds. The molecule has 100 valence electrons. The van der Waals surface area contributed by atoms with E-state index in [0.29, 0.717) is 10.7 Å². The van der Waals surface area contributed by atoms with Gasteiger partial charge in [0, 0.05) is 16.7 Å². The summed E-state index contributed by atoms with van der Waals surface area (Å²) in [4.78, 5) is 3.77. The molecule has 3 N–H and O–H groups in total. The molecule has 1 aromatic carbocycles. The minimum Gasteiger partial charge on any atom is -0.384 e. The van der Waals surface area contributed by atoms with Gasteiger partial charge in [-0.25, -0.2) is 13.4 Å². The molecule has 0 atom stereocenters. The number of aromatic nitrogens is 1. The highest BCUT2D eigenvalue weighted by Gasteiger charge is 2.16. The fraction of sp³-hybridized carbons (Fsp3) is 0. The minimum atomic E-state index is -3.74. The van der Waals surface area contributed by atoms with Crippen LogP contribution in [0.1, 0.15) is 0 Å². The Morgan fingerprint density at radius 1 is 1.26 bits per heavy atom. The molecule has 2 aromatic rings. The second-order valence-electron chi connectivity index (χ2n) is 3.65. The molecule has 1 heterocycles. The number of nitrogens with one attached hydrogen (secondary N) is 1. The molecule has 19 heavy (non-hydrogen) atoms. The Hall–Kier alpha value is -1.31. The topological polar surface area (TPSA) is 85.1 Å². The van der Waals surface area contributed by atoms with Crippen molar-refractivity contribution in [3.8, 4) is 0 Å². The van der Waals surface area contributed by atoms with Gasteiger partial charge in [-0.1, -0.05) is 27.5 Å². The number of nitrogen functional groups attached to an aromatic ring is 1. The summed E-state index contributed by atoms with van der Waals surface area (Å²) in [6, 6.07) is 7.47. The average Bonchev–Trinajstić information content (AvgIpc) is 2.33. The third-order valence-corrected chi connectivity index (χ3v) is 4.41. The van der Waals surface area contributed by atoms with Crippen LogP contribution in [0.4, 0.5) is 11.5 Å². The second kappa shape index (κ2) is 5.36. The largest absolute Gasteiger partial charge is 0.384 e. The molecular formula is C11H9BrClN3O2S. The highest BCUT2D eigenvalue weighted by Crippen LogP contribution is 2.27. The Balaban J connectivity index is 2.36. The van der Waals surface area contributed by atoms with Crippen molar-refractivity contribution >= 4 is 49.1 Å². The van der Waals surface area contributed by atoms with Crippen LogP contribution in [0.15, 0.2) is 45.9 Å². The summed E-state index contributed by atoms with van der Waals surface area (Å²) in [6.07, 6.45) is 1.33. The molecule has 0 aliphatic carbocycles. The minimum absolute atomic E-state index is 0.0268. The van der Waals surface area contributed by atoms with Gasteiger partial charge in [-0.15, -0.1) is 0 Å². The lowest BCUT2D eigenvalue weighted by molar-refractivity contribution is 0.601. The molecule has 0 saturated carbocycles. The van der Waals surface area contributed by atoms with E-state index in [9.17, 15) is 8.42 Å². The van der Waals surface area contributed by atoms with Crippen molar-refractivity contribution in [1.29, 1.82) is 0 Å². The average molecular weight is 363 g/mol. The maximum Gasteiger partial charge on any atom is 0.262 e. The lowest BCUT2D eigenvalue weighted by atomic mass is 10.3. The second-order valence-corrected chi connectivity index (χ2v) is 6.65. The summed E-state index contributed by atoms with van der Waals surface area (Å²) >= 11 is 9.20. The van der Waals surface area contributed by atoms with E-state index in [2.05, 4.69) is 25.6 Å². The van der Waals surface area contributed by atoms with E-state index in [0.717, 1.165) is 4.47 Å². The van der Waals surface area contributed by atoms with Gasteiger partial charge >= 0.3 is 0 Å². The van der Waals surface area contributed by atoms with Crippen LogP contribution < -0.4 is 10.5 Å². The Kier molecular flexibility index (Phi) is 3.98. The summed E-state index contributed by atoms with van der Waals surface area (Å²) in [6.45, 7) is 0. The number of rotatable bonds is 3. The number of benzene rings is 1. The molecule has 0 spiro atoms. The van der Waals surface area contributed by atoms with Crippen LogP contribution in [-0.4, -0.2) is 13.4 Å². The fourth-order valence-electron chi connectivity index (χ4n) is 1.37. The van der Waals surface area contributed by atoms with Crippen LogP contribution in [0.25, 0.3) is 0 Å². The quantitative estimate of drug-likeness (QED) is 0.879. The van der Waals surface area contributed by atoms with Gasteiger partial charge in [0.1, 0.15) is 5.82 Å². The Labute approximate surface area is 124 Å². The molecule has 0 aliphatic heterocycles. The first-order chi connectivity index (χ1) is 8.88. The van der Waals surface area contributed by atoms with Gasteiger partial charge in [-0.3, -0.25) is 4.72 Å². The number of nitrogens with zero attached hydrogens (tertiary/aromatic N) is 1. The number of sulfonamides is 1. The Morgan fingerprint density at radius 3 is 2.63 bits per heavy atom. The number of halogens is 2. The number of anilines is 2. The van der Waals surface area contributed by atoms with Crippen molar-refractivity contribution < 1.29 is 8.42 Å². The van der Waals surface area contributed by atoms with Crippen molar-refractivity contribution in [3.05, 3.63) is 46.0 Å². The summed E-state index contributed by atoms with van der Waals surface area (Å²) in [5, 5.41) is 0.292. The van der Waals surface area contributed by atoms with Crippen molar-refractivity contribution in [1.82, 2.24) is 4.98 Å². The fourth-order valence-corrected chi connectivity index (χ4v) is 3.25. The van der Waals surface area contributed by atoms with Gasteiger partial charge < -0.3 is 5.73 Å². The van der Waals surface area contributed by atoms with Gasteiger partial charge in [0.25, 0.3) is 10.0 Å². The summed E-state index contributed by atoms with van der Waals surface area (Å²) in [7, 11) is -3.74. The zero-order chi connectivity index (χ0) is 14.0. The summed E-state index contributed by atoms with van der Waals surface area (Å²) in [5.74, 6) is 0.129. The lowest BCUT2D eigenvalue weighted by Gasteiger charge is -2.10. The lowest BCUT2D eigenvalue weighted by Crippen LogP contribution is -2.13. The zero-order valence-corrected chi connectivity index (χ0v) is 12.6. The van der Waals surface area contributed by atoms with E-state index < -0.39 is 10.0 Å². The van der Waals surface area contributed by atoms with Crippen LogP contribution >= 0.6 is 27.5 Å². The van der Waals surface area contributed by atoms with E-state index in [1.54, 1.807) is 18.2 Å². The van der Waals surface area contributed by atoms with Crippen LogP contribution in [0.5, 0.6) is 0 Å². The van der Waals surface area contributed by atoms with Gasteiger partial charge in [-0.05, 0) is 24.3 Å². The van der Waals surface area contributed by atoms with Gasteiger partial charge in [0.15, 0.2) is 0 Å². The normalized spacial score (nSPS) is 11.3. The zero-order valence-electron chi connectivity index (χ0n) is 9.47. The molecule has 0 fully saturated rings. The van der Waals surface area contributed by atoms with Crippen LogP contribution in [0, 0.1) is 0 Å². The van der Waals surface area contributed by atoms with E-state index in [1.165, 1.54) is 18.3 Å². The predicted octanol–water partition coefficient (Wildman–Crippen LogP) is 2.88. The Bertz CT molecular complexity index is 722. The molecule has 0 saturated heterocycles. The summed E-state index contributed by atoms with van der Waals surface area (Å²) < 4.78 is 27.4. The first-order valence-corrected chi connectivity index (χ1v) is 7.73. The van der Waals surface area contributed by atoms with Crippen LogP contribution in [0.2, 0.25) is 5.02 Å². The molecule has 0 bridgehead atoms. The number of hydrogen-bond acceptors (Lipinski definition) is 4.